The molecule has 2 aromatic carbocycles. The molecule has 1 amide bonds. The molecule has 3 aromatic rings. The fourth-order valence-corrected chi connectivity index (χ4v) is 2.47. The third-order valence-corrected chi connectivity index (χ3v) is 3.91. The molecule has 0 bridgehead atoms. The lowest BCUT2D eigenvalue weighted by molar-refractivity contribution is -0.123. The summed E-state index contributed by atoms with van der Waals surface area (Å²) >= 11 is 3.35. The molecule has 0 saturated heterocycles. The summed E-state index contributed by atoms with van der Waals surface area (Å²) in [4.78, 5) is 11.8. The van der Waals surface area contributed by atoms with E-state index in [1.54, 1.807) is 18.3 Å². The number of nitrogens with zero attached hydrogens (tertiary/aromatic N) is 2. The van der Waals surface area contributed by atoms with E-state index in [1.807, 2.05) is 65.4 Å². The van der Waals surface area contributed by atoms with E-state index in [1.165, 1.54) is 0 Å². The van der Waals surface area contributed by atoms with E-state index in [9.17, 15) is 4.79 Å². The summed E-state index contributed by atoms with van der Waals surface area (Å²) < 4.78 is 8.33. The van der Waals surface area contributed by atoms with Gasteiger partial charge in [-0.2, -0.15) is 5.10 Å². The van der Waals surface area contributed by atoms with Crippen LogP contribution in [0.3, 0.4) is 0 Å². The summed E-state index contributed by atoms with van der Waals surface area (Å²) in [6.07, 6.45) is 3.54. The highest BCUT2D eigenvalue weighted by Crippen LogP contribution is 2.15. The number of amides is 1. The second-order valence-electron chi connectivity index (χ2n) is 5.17. The standard InChI is InChI=1S/C19H16BrN3O2/c20-15-8-10-18(11-9-15)25-14-19(24)22-21-13-17-7-4-12-23(17)16-5-2-1-3-6-16/h1-13H,14H2,(H,22,24)/b21-13-. The first-order valence-electron chi connectivity index (χ1n) is 7.65. The number of ether oxygens (including phenoxy) is 1. The van der Waals surface area contributed by atoms with E-state index in [0.29, 0.717) is 5.75 Å². The molecular weight excluding hydrogens is 382 g/mol. The molecule has 5 nitrogen and oxygen atoms in total. The van der Waals surface area contributed by atoms with Gasteiger partial charge in [0, 0.05) is 16.4 Å². The largest absolute Gasteiger partial charge is 0.484 e. The Labute approximate surface area is 154 Å². The zero-order valence-electron chi connectivity index (χ0n) is 13.3. The highest BCUT2D eigenvalue weighted by atomic mass is 79.9. The fraction of sp³-hybridized carbons (Fsp3) is 0.0526. The maximum absolute atomic E-state index is 11.8. The van der Waals surface area contributed by atoms with Crippen LogP contribution in [0.15, 0.2) is 82.5 Å². The molecule has 25 heavy (non-hydrogen) atoms. The Morgan fingerprint density at radius 3 is 2.60 bits per heavy atom. The van der Waals surface area contributed by atoms with Gasteiger partial charge in [0.05, 0.1) is 11.9 Å². The number of carbonyl (C=O) groups excluding carboxylic acids is 1. The molecule has 0 aliphatic carbocycles. The van der Waals surface area contributed by atoms with Crippen molar-refractivity contribution < 1.29 is 9.53 Å². The number of hydrogen-bond acceptors (Lipinski definition) is 3. The summed E-state index contributed by atoms with van der Waals surface area (Å²) in [5, 5.41) is 3.99. The molecule has 0 fully saturated rings. The minimum absolute atomic E-state index is 0.0985. The third-order valence-electron chi connectivity index (χ3n) is 3.38. The van der Waals surface area contributed by atoms with Crippen molar-refractivity contribution in [1.82, 2.24) is 9.99 Å². The van der Waals surface area contributed by atoms with E-state index in [0.717, 1.165) is 15.9 Å². The molecule has 0 atom stereocenters. The van der Waals surface area contributed by atoms with Crippen molar-refractivity contribution in [2.24, 2.45) is 5.10 Å². The Kier molecular flexibility index (Phi) is 5.64. The second-order valence-corrected chi connectivity index (χ2v) is 6.09. The number of benzene rings is 2. The highest BCUT2D eigenvalue weighted by Gasteiger charge is 2.03. The molecule has 0 spiro atoms. The molecule has 0 radical (unpaired) electrons. The van der Waals surface area contributed by atoms with E-state index >= 15 is 0 Å². The number of aromatic nitrogens is 1. The lowest BCUT2D eigenvalue weighted by Gasteiger charge is -2.06. The van der Waals surface area contributed by atoms with Gasteiger partial charge in [-0.25, -0.2) is 5.43 Å². The quantitative estimate of drug-likeness (QED) is 0.508. The average Bonchev–Trinajstić information content (AvgIpc) is 3.10. The molecule has 1 heterocycles. The van der Waals surface area contributed by atoms with Crippen LogP contribution in [0.1, 0.15) is 5.69 Å². The van der Waals surface area contributed by atoms with Crippen LogP contribution in [-0.2, 0) is 4.79 Å². The van der Waals surface area contributed by atoms with Crippen LogP contribution >= 0.6 is 15.9 Å². The summed E-state index contributed by atoms with van der Waals surface area (Å²) in [5.41, 5.74) is 4.35. The molecule has 0 aliphatic rings. The van der Waals surface area contributed by atoms with Gasteiger partial charge in [0.1, 0.15) is 5.75 Å². The predicted molar refractivity (Wildman–Crippen MR) is 101 cm³/mol. The van der Waals surface area contributed by atoms with Crippen molar-refractivity contribution in [3.05, 3.63) is 83.1 Å². The van der Waals surface area contributed by atoms with Crippen molar-refractivity contribution in [2.75, 3.05) is 6.61 Å². The molecule has 0 aliphatic heterocycles. The van der Waals surface area contributed by atoms with Crippen LogP contribution < -0.4 is 10.2 Å². The van der Waals surface area contributed by atoms with Gasteiger partial charge in [-0.15, -0.1) is 0 Å². The SMILES string of the molecule is O=C(COc1ccc(Br)cc1)N/N=C\c1cccn1-c1ccccc1. The molecule has 3 rings (SSSR count). The fourth-order valence-electron chi connectivity index (χ4n) is 2.21. The maximum atomic E-state index is 11.8. The number of nitrogens with one attached hydrogen (secondary N) is 1. The van der Waals surface area contributed by atoms with Gasteiger partial charge in [0.2, 0.25) is 0 Å². The molecule has 0 saturated carbocycles. The van der Waals surface area contributed by atoms with Crippen molar-refractivity contribution >= 4 is 28.1 Å². The van der Waals surface area contributed by atoms with Gasteiger partial charge in [-0.1, -0.05) is 34.1 Å². The predicted octanol–water partition coefficient (Wildman–Crippen LogP) is 3.77. The van der Waals surface area contributed by atoms with Gasteiger partial charge in [0.15, 0.2) is 6.61 Å². The average molecular weight is 398 g/mol. The number of rotatable bonds is 6. The Hall–Kier alpha value is -2.86. The van der Waals surface area contributed by atoms with Crippen LogP contribution in [0.4, 0.5) is 0 Å². The van der Waals surface area contributed by atoms with Crippen LogP contribution in [0.2, 0.25) is 0 Å². The molecular formula is C19H16BrN3O2. The van der Waals surface area contributed by atoms with Crippen LogP contribution in [0.25, 0.3) is 5.69 Å². The smallest absolute Gasteiger partial charge is 0.277 e. The van der Waals surface area contributed by atoms with E-state index in [4.69, 9.17) is 4.74 Å². The number of hydrogen-bond donors (Lipinski definition) is 1. The van der Waals surface area contributed by atoms with Crippen molar-refractivity contribution in [2.45, 2.75) is 0 Å². The van der Waals surface area contributed by atoms with Gasteiger partial charge in [-0.3, -0.25) is 4.79 Å². The van der Waals surface area contributed by atoms with Crippen LogP contribution in [0, 0.1) is 0 Å². The molecule has 1 aromatic heterocycles. The zero-order valence-corrected chi connectivity index (χ0v) is 14.9. The minimum atomic E-state index is -0.322. The van der Waals surface area contributed by atoms with Crippen LogP contribution in [0.5, 0.6) is 5.75 Å². The lowest BCUT2D eigenvalue weighted by Crippen LogP contribution is -2.24. The minimum Gasteiger partial charge on any atom is -0.484 e. The Balaban J connectivity index is 1.54. The summed E-state index contributed by atoms with van der Waals surface area (Å²) in [5.74, 6) is 0.303. The van der Waals surface area contributed by atoms with E-state index in [-0.39, 0.29) is 12.5 Å². The molecule has 1 N–H and O–H groups in total. The molecule has 0 unspecified atom stereocenters. The molecule has 126 valence electrons. The maximum Gasteiger partial charge on any atom is 0.277 e. The van der Waals surface area contributed by atoms with E-state index in [2.05, 4.69) is 26.5 Å². The monoisotopic (exact) mass is 397 g/mol. The highest BCUT2D eigenvalue weighted by molar-refractivity contribution is 9.10. The first-order valence-corrected chi connectivity index (χ1v) is 8.45. The normalized spacial score (nSPS) is 10.8. The van der Waals surface area contributed by atoms with Gasteiger partial charge < -0.3 is 9.30 Å². The summed E-state index contributed by atoms with van der Waals surface area (Å²) in [7, 11) is 0. The van der Waals surface area contributed by atoms with Crippen LogP contribution in [-0.4, -0.2) is 23.3 Å². The Bertz CT molecular complexity index is 858. The first kappa shape index (κ1) is 17.0. The Morgan fingerprint density at radius 2 is 1.84 bits per heavy atom. The number of hydrazone groups is 1. The number of halogens is 1. The molecule has 6 heteroatoms. The van der Waals surface area contributed by atoms with Gasteiger partial charge in [-0.05, 0) is 48.5 Å². The number of para-hydroxylation sites is 1. The summed E-state index contributed by atoms with van der Waals surface area (Å²) in [6, 6.07) is 21.0. The number of carbonyl (C=O) groups is 1. The van der Waals surface area contributed by atoms with Crippen molar-refractivity contribution in [3.63, 3.8) is 0 Å². The van der Waals surface area contributed by atoms with Gasteiger partial charge >= 0.3 is 0 Å². The Morgan fingerprint density at radius 1 is 1.08 bits per heavy atom. The van der Waals surface area contributed by atoms with Crippen molar-refractivity contribution in [3.8, 4) is 11.4 Å². The zero-order chi connectivity index (χ0) is 17.5. The van der Waals surface area contributed by atoms with Crippen molar-refractivity contribution in [1.29, 1.82) is 0 Å². The lowest BCUT2D eigenvalue weighted by atomic mass is 10.3. The topological polar surface area (TPSA) is 55.6 Å². The summed E-state index contributed by atoms with van der Waals surface area (Å²) in [6.45, 7) is -0.0985. The van der Waals surface area contributed by atoms with E-state index < -0.39 is 0 Å². The second kappa shape index (κ2) is 8.30. The van der Waals surface area contributed by atoms with Gasteiger partial charge in [0.25, 0.3) is 5.91 Å². The first-order chi connectivity index (χ1) is 12.2. The third kappa shape index (κ3) is 4.81.